The molecule has 1 saturated carbocycles. The molecule has 0 unspecified atom stereocenters. The number of piperidine rings is 1. The number of nitrogens with one attached hydrogen (secondary N) is 3. The lowest BCUT2D eigenvalue weighted by Crippen LogP contribution is -2.41. The predicted octanol–water partition coefficient (Wildman–Crippen LogP) is 3.84. The van der Waals surface area contributed by atoms with Crippen LogP contribution in [-0.2, 0) is 4.79 Å². The maximum atomic E-state index is 12.2. The summed E-state index contributed by atoms with van der Waals surface area (Å²) < 4.78 is 5.53. The van der Waals surface area contributed by atoms with Crippen LogP contribution in [0.5, 0.6) is 5.75 Å². The zero-order chi connectivity index (χ0) is 24.1. The number of carbonyl (C=O) groups is 1. The Bertz CT molecular complexity index is 1310. The highest BCUT2D eigenvalue weighted by Crippen LogP contribution is 2.46. The molecule has 2 bridgehead atoms. The van der Waals surface area contributed by atoms with E-state index in [-0.39, 0.29) is 29.7 Å². The van der Waals surface area contributed by atoms with E-state index in [0.29, 0.717) is 22.3 Å². The quantitative estimate of drug-likeness (QED) is 0.388. The number of halogens is 1. The number of imidazole rings is 1. The highest BCUT2D eigenvalue weighted by Gasteiger charge is 2.47. The third-order valence-corrected chi connectivity index (χ3v) is 8.15. The maximum absolute atomic E-state index is 12.2. The second kappa shape index (κ2) is 8.84. The molecule has 4 atom stereocenters. The van der Waals surface area contributed by atoms with Crippen molar-refractivity contribution in [1.82, 2.24) is 20.3 Å². The summed E-state index contributed by atoms with van der Waals surface area (Å²) in [7, 11) is 1.69. The van der Waals surface area contributed by atoms with Gasteiger partial charge in [-0.25, -0.2) is 9.97 Å². The van der Waals surface area contributed by atoms with Gasteiger partial charge in [0.05, 0.1) is 29.9 Å². The second-order valence-electron chi connectivity index (χ2n) is 9.79. The smallest absolute Gasteiger partial charge is 0.223 e. The van der Waals surface area contributed by atoms with Gasteiger partial charge in [-0.1, -0.05) is 23.8 Å². The standard InChI is InChI=1S/C26H29ClN6O2/c1-35-16-4-5-17(18(11-16)13-6-8-29-9-7-13)25-32-23-22(19(27)12-30-26(23)33-25)31-21-15-3-2-14(10-15)20(21)24(28)34/h2-5,11-15,20-21,29H,6-10H2,1H3,(H2,28,34)(H2,30,31,32,33)/t14-,15-,20+,21-/m1/s1. The molecule has 0 radical (unpaired) electrons. The average Bonchev–Trinajstić information content (AvgIpc) is 3.61. The van der Waals surface area contributed by atoms with Crippen LogP contribution in [0.25, 0.3) is 22.6 Å². The number of anilines is 1. The van der Waals surface area contributed by atoms with Gasteiger partial charge in [0.1, 0.15) is 17.1 Å². The van der Waals surface area contributed by atoms with Crippen LogP contribution >= 0.6 is 11.6 Å². The zero-order valence-corrected chi connectivity index (χ0v) is 20.3. The van der Waals surface area contributed by atoms with Crippen LogP contribution in [0.2, 0.25) is 5.02 Å². The number of H-pyrrole nitrogens is 1. The number of hydrogen-bond donors (Lipinski definition) is 4. The first-order valence-corrected chi connectivity index (χ1v) is 12.6. The molecule has 2 aliphatic carbocycles. The van der Waals surface area contributed by atoms with Crippen molar-refractivity contribution in [3.63, 3.8) is 0 Å². The molecule has 6 rings (SSSR count). The molecule has 9 heteroatoms. The molecule has 1 saturated heterocycles. The van der Waals surface area contributed by atoms with Gasteiger partial charge in [0, 0.05) is 11.6 Å². The number of pyridine rings is 1. The molecule has 5 N–H and O–H groups in total. The number of allylic oxidation sites excluding steroid dienone is 1. The van der Waals surface area contributed by atoms with Crippen molar-refractivity contribution in [3.05, 3.63) is 47.1 Å². The summed E-state index contributed by atoms with van der Waals surface area (Å²) in [6.07, 6.45) is 8.95. The Balaban J connectivity index is 1.41. The highest BCUT2D eigenvalue weighted by atomic mass is 35.5. The molecule has 3 aromatic rings. The lowest BCUT2D eigenvalue weighted by Gasteiger charge is -2.28. The van der Waals surface area contributed by atoms with Crippen molar-refractivity contribution >= 4 is 34.4 Å². The number of primary amides is 1. The van der Waals surface area contributed by atoms with Crippen molar-refractivity contribution in [1.29, 1.82) is 0 Å². The summed E-state index contributed by atoms with van der Waals surface area (Å²) in [6, 6.07) is 6.04. The normalized spacial score (nSPS) is 25.9. The van der Waals surface area contributed by atoms with Crippen molar-refractivity contribution in [3.8, 4) is 17.1 Å². The molecule has 1 aromatic carbocycles. The predicted molar refractivity (Wildman–Crippen MR) is 137 cm³/mol. The SMILES string of the molecule is COc1ccc(-c2nc3ncc(Cl)c(N[C@H]4[C@@H](C(N)=O)[C@@H]5C=C[C@@H]4C5)c3[nH]2)c(C2CCNCC2)c1. The largest absolute Gasteiger partial charge is 0.497 e. The van der Waals surface area contributed by atoms with E-state index >= 15 is 0 Å². The number of aromatic nitrogens is 3. The van der Waals surface area contributed by atoms with E-state index in [9.17, 15) is 4.79 Å². The van der Waals surface area contributed by atoms with Gasteiger partial charge in [0.15, 0.2) is 5.65 Å². The number of benzene rings is 1. The Labute approximate surface area is 208 Å². The number of nitrogens with two attached hydrogens (primary N) is 1. The molecule has 35 heavy (non-hydrogen) atoms. The summed E-state index contributed by atoms with van der Waals surface area (Å²) in [4.78, 5) is 25.1. The maximum Gasteiger partial charge on any atom is 0.223 e. The summed E-state index contributed by atoms with van der Waals surface area (Å²) in [5.41, 5.74) is 10.1. The molecule has 1 aliphatic heterocycles. The molecule has 0 spiro atoms. The van der Waals surface area contributed by atoms with E-state index in [1.807, 2.05) is 6.07 Å². The van der Waals surface area contributed by atoms with Gasteiger partial charge in [-0.15, -0.1) is 0 Å². The number of aromatic amines is 1. The number of ether oxygens (including phenoxy) is 1. The van der Waals surface area contributed by atoms with Crippen LogP contribution in [0, 0.1) is 17.8 Å². The number of methoxy groups -OCH3 is 1. The minimum absolute atomic E-state index is 0.108. The Morgan fingerprint density at radius 2 is 2.03 bits per heavy atom. The number of nitrogens with zero attached hydrogens (tertiary/aromatic N) is 2. The number of amides is 1. The van der Waals surface area contributed by atoms with Gasteiger partial charge in [-0.3, -0.25) is 4.79 Å². The van der Waals surface area contributed by atoms with Crippen molar-refractivity contribution in [2.24, 2.45) is 23.5 Å². The van der Waals surface area contributed by atoms with Crippen molar-refractivity contribution in [2.75, 3.05) is 25.5 Å². The fraction of sp³-hybridized carbons (Fsp3) is 0.423. The molecule has 8 nitrogen and oxygen atoms in total. The summed E-state index contributed by atoms with van der Waals surface area (Å²) in [5.74, 6) is 1.87. The molecule has 1 amide bonds. The fourth-order valence-corrected chi connectivity index (χ4v) is 6.33. The first-order chi connectivity index (χ1) is 17.0. The summed E-state index contributed by atoms with van der Waals surface area (Å²) in [6.45, 7) is 1.98. The minimum atomic E-state index is -0.282. The van der Waals surface area contributed by atoms with E-state index in [1.54, 1.807) is 13.3 Å². The van der Waals surface area contributed by atoms with Crippen LogP contribution < -0.4 is 21.1 Å². The molecule has 2 aromatic heterocycles. The monoisotopic (exact) mass is 492 g/mol. The average molecular weight is 493 g/mol. The van der Waals surface area contributed by atoms with Gasteiger partial charge in [-0.2, -0.15) is 0 Å². The topological polar surface area (TPSA) is 118 Å². The van der Waals surface area contributed by atoms with Crippen LogP contribution in [0.3, 0.4) is 0 Å². The van der Waals surface area contributed by atoms with Crippen molar-refractivity contribution in [2.45, 2.75) is 31.2 Å². The first-order valence-electron chi connectivity index (χ1n) is 12.2. The van der Waals surface area contributed by atoms with Crippen LogP contribution in [0.15, 0.2) is 36.5 Å². The van der Waals surface area contributed by atoms with Crippen molar-refractivity contribution < 1.29 is 9.53 Å². The molecule has 3 heterocycles. The summed E-state index contributed by atoms with van der Waals surface area (Å²) in [5, 5.41) is 7.47. The molecular formula is C26H29ClN6O2. The van der Waals surface area contributed by atoms with Gasteiger partial charge in [-0.05, 0) is 73.9 Å². The highest BCUT2D eigenvalue weighted by molar-refractivity contribution is 6.34. The molecule has 2 fully saturated rings. The lowest BCUT2D eigenvalue weighted by atomic mass is 9.86. The van der Waals surface area contributed by atoms with Crippen LogP contribution in [0.4, 0.5) is 5.69 Å². The minimum Gasteiger partial charge on any atom is -0.497 e. The van der Waals surface area contributed by atoms with Gasteiger partial charge in [0.25, 0.3) is 0 Å². The number of fused-ring (bicyclic) bond motifs is 3. The fourth-order valence-electron chi connectivity index (χ4n) is 6.13. The lowest BCUT2D eigenvalue weighted by molar-refractivity contribution is -0.122. The zero-order valence-electron chi connectivity index (χ0n) is 19.6. The van der Waals surface area contributed by atoms with Gasteiger partial charge in [0.2, 0.25) is 5.91 Å². The number of rotatable bonds is 6. The third-order valence-electron chi connectivity index (χ3n) is 7.87. The van der Waals surface area contributed by atoms with E-state index < -0.39 is 0 Å². The van der Waals surface area contributed by atoms with E-state index in [1.165, 1.54) is 5.56 Å². The Morgan fingerprint density at radius 1 is 1.23 bits per heavy atom. The number of carbonyl (C=O) groups excluding carboxylic acids is 1. The Kier molecular flexibility index (Phi) is 5.65. The van der Waals surface area contributed by atoms with Crippen LogP contribution in [-0.4, -0.2) is 47.1 Å². The van der Waals surface area contributed by atoms with E-state index in [4.69, 9.17) is 27.1 Å². The van der Waals surface area contributed by atoms with Gasteiger partial charge >= 0.3 is 0 Å². The van der Waals surface area contributed by atoms with Crippen LogP contribution in [0.1, 0.15) is 30.7 Å². The second-order valence-corrected chi connectivity index (χ2v) is 10.2. The molecule has 182 valence electrons. The Hall–Kier alpha value is -3.10. The van der Waals surface area contributed by atoms with E-state index in [2.05, 4.69) is 44.9 Å². The third kappa shape index (κ3) is 3.85. The number of hydrogen-bond acceptors (Lipinski definition) is 6. The summed E-state index contributed by atoms with van der Waals surface area (Å²) >= 11 is 6.63. The first kappa shape index (κ1) is 22.4. The van der Waals surface area contributed by atoms with E-state index in [0.717, 1.165) is 55.0 Å². The van der Waals surface area contributed by atoms with Gasteiger partial charge < -0.3 is 26.1 Å². The molecule has 3 aliphatic rings. The molecular weight excluding hydrogens is 464 g/mol. The Morgan fingerprint density at radius 3 is 2.80 bits per heavy atom.